The number of hydrogen-bond acceptors (Lipinski definition) is 5. The van der Waals surface area contributed by atoms with E-state index in [0.29, 0.717) is 6.07 Å². The second kappa shape index (κ2) is 10.2. The third-order valence-corrected chi connectivity index (χ3v) is 4.46. The van der Waals surface area contributed by atoms with Gasteiger partial charge in [0.1, 0.15) is 23.1 Å². The van der Waals surface area contributed by atoms with Gasteiger partial charge in [0.2, 0.25) is 0 Å². The van der Waals surface area contributed by atoms with Gasteiger partial charge in [-0.05, 0) is 39.3 Å². The van der Waals surface area contributed by atoms with E-state index in [0.717, 1.165) is 15.5 Å². The summed E-state index contributed by atoms with van der Waals surface area (Å²) in [4.78, 5) is 30.0. The van der Waals surface area contributed by atoms with E-state index >= 15 is 0 Å². The highest BCUT2D eigenvalue weighted by atomic mass is 19.4. The summed E-state index contributed by atoms with van der Waals surface area (Å²) >= 11 is 0. The summed E-state index contributed by atoms with van der Waals surface area (Å²) in [5.41, 5.74) is 3.04. The standard InChI is InChI=1S/C22H25F5N4O3/c1-21(2,3)34-20(33)30(4)18(12-31-9-5-6-16(28)19(31)32)29-17-11-13(23)10-15(24)14(17)7-8-22(25,26)27/h5-6,9-11H,7-8,12,28H2,1-4H3/b29-18-. The number of nitrogens with two attached hydrogens (primary N) is 1. The number of anilines is 1. The summed E-state index contributed by atoms with van der Waals surface area (Å²) in [5.74, 6) is -2.52. The Labute approximate surface area is 192 Å². The third-order valence-electron chi connectivity index (χ3n) is 4.46. The number of carbonyl (C=O) groups excluding carboxylic acids is 1. The molecule has 0 saturated heterocycles. The van der Waals surface area contributed by atoms with Crippen LogP contribution in [0.2, 0.25) is 0 Å². The zero-order valence-electron chi connectivity index (χ0n) is 19.0. The Hall–Kier alpha value is -3.44. The van der Waals surface area contributed by atoms with E-state index in [2.05, 4.69) is 4.99 Å². The van der Waals surface area contributed by atoms with E-state index in [1.165, 1.54) is 25.4 Å². The smallest absolute Gasteiger partial charge is 0.415 e. The number of aliphatic imine (C=N–C) groups is 1. The summed E-state index contributed by atoms with van der Waals surface area (Å²) in [6, 6.07) is 4.01. The lowest BCUT2D eigenvalue weighted by Gasteiger charge is -2.26. The first-order valence-corrected chi connectivity index (χ1v) is 10.1. The lowest BCUT2D eigenvalue weighted by Crippen LogP contribution is -2.41. The van der Waals surface area contributed by atoms with Crippen LogP contribution in [-0.4, -0.2) is 40.2 Å². The second-order valence-electron chi connectivity index (χ2n) is 8.46. The molecule has 2 N–H and O–H groups in total. The number of amidine groups is 1. The van der Waals surface area contributed by atoms with Crippen molar-refractivity contribution >= 4 is 23.3 Å². The van der Waals surface area contributed by atoms with Crippen LogP contribution in [0, 0.1) is 11.6 Å². The maximum atomic E-state index is 14.4. The lowest BCUT2D eigenvalue weighted by atomic mass is 10.1. The zero-order valence-corrected chi connectivity index (χ0v) is 19.0. The summed E-state index contributed by atoms with van der Waals surface area (Å²) < 4.78 is 73.0. The van der Waals surface area contributed by atoms with Crippen LogP contribution in [-0.2, 0) is 17.7 Å². The van der Waals surface area contributed by atoms with Crippen molar-refractivity contribution in [2.24, 2.45) is 4.99 Å². The number of ether oxygens (including phenoxy) is 1. The fraction of sp³-hybridized carbons (Fsp3) is 0.409. The van der Waals surface area contributed by atoms with Crippen molar-refractivity contribution in [2.75, 3.05) is 12.8 Å². The first-order chi connectivity index (χ1) is 15.6. The predicted molar refractivity (Wildman–Crippen MR) is 117 cm³/mol. The number of alkyl halides is 3. The molecule has 0 aliphatic heterocycles. The van der Waals surface area contributed by atoms with Gasteiger partial charge in [-0.2, -0.15) is 13.2 Å². The molecule has 0 bridgehead atoms. The Morgan fingerprint density at radius 3 is 2.44 bits per heavy atom. The number of halogens is 5. The van der Waals surface area contributed by atoms with Crippen LogP contribution in [0.15, 0.2) is 40.2 Å². The van der Waals surface area contributed by atoms with Gasteiger partial charge in [-0.25, -0.2) is 18.6 Å². The summed E-state index contributed by atoms with van der Waals surface area (Å²) in [6.45, 7) is 4.43. The van der Waals surface area contributed by atoms with Crippen LogP contribution in [0.1, 0.15) is 32.8 Å². The minimum atomic E-state index is -4.59. The maximum absolute atomic E-state index is 14.4. The number of pyridine rings is 1. The topological polar surface area (TPSA) is 89.9 Å². The van der Waals surface area contributed by atoms with Crippen LogP contribution in [0.4, 0.5) is 38.1 Å². The molecule has 1 amide bonds. The van der Waals surface area contributed by atoms with Crippen molar-refractivity contribution < 1.29 is 31.5 Å². The van der Waals surface area contributed by atoms with Gasteiger partial charge < -0.3 is 15.0 Å². The van der Waals surface area contributed by atoms with Crippen LogP contribution in [0.3, 0.4) is 0 Å². The van der Waals surface area contributed by atoms with E-state index < -0.39 is 65.7 Å². The van der Waals surface area contributed by atoms with Crippen molar-refractivity contribution in [2.45, 2.75) is 51.9 Å². The number of aromatic nitrogens is 1. The van der Waals surface area contributed by atoms with Crippen molar-refractivity contribution in [1.29, 1.82) is 0 Å². The normalized spacial score (nSPS) is 12.6. The van der Waals surface area contributed by atoms with Crippen LogP contribution >= 0.6 is 0 Å². The van der Waals surface area contributed by atoms with E-state index in [1.807, 2.05) is 0 Å². The average Bonchev–Trinajstić information content (AvgIpc) is 2.67. The number of rotatable bonds is 5. The Bertz CT molecular complexity index is 1140. The fourth-order valence-electron chi connectivity index (χ4n) is 2.83. The maximum Gasteiger partial charge on any atom is 0.415 e. The zero-order chi connectivity index (χ0) is 25.8. The summed E-state index contributed by atoms with van der Waals surface area (Å²) in [6.07, 6.45) is -6.34. The SMILES string of the molecule is CN(C(=O)OC(C)(C)C)/C(Cn1cccc(N)c1=O)=N\c1cc(F)cc(F)c1CCC(F)(F)F. The summed E-state index contributed by atoms with van der Waals surface area (Å²) in [5, 5.41) is 0. The molecule has 0 saturated carbocycles. The number of likely N-dealkylation sites (N-methyl/N-ethyl adjacent to an activating group) is 1. The number of hydrogen-bond donors (Lipinski definition) is 1. The number of carbonyl (C=O) groups is 1. The van der Waals surface area contributed by atoms with Gasteiger partial charge in [0.15, 0.2) is 0 Å². The molecule has 1 aromatic heterocycles. The molecule has 1 heterocycles. The molecule has 0 spiro atoms. The molecule has 2 aromatic rings. The first-order valence-electron chi connectivity index (χ1n) is 10.1. The van der Waals surface area contributed by atoms with Gasteiger partial charge in [0.05, 0.1) is 17.9 Å². The van der Waals surface area contributed by atoms with Crippen LogP contribution < -0.4 is 11.3 Å². The Kier molecular flexibility index (Phi) is 8.06. The van der Waals surface area contributed by atoms with Gasteiger partial charge in [-0.3, -0.25) is 9.69 Å². The minimum absolute atomic E-state index is 0.107. The van der Waals surface area contributed by atoms with Gasteiger partial charge >= 0.3 is 12.3 Å². The molecule has 186 valence electrons. The molecule has 7 nitrogen and oxygen atoms in total. The molecule has 34 heavy (non-hydrogen) atoms. The minimum Gasteiger partial charge on any atom is -0.443 e. The Balaban J connectivity index is 2.62. The van der Waals surface area contributed by atoms with E-state index in [9.17, 15) is 31.5 Å². The van der Waals surface area contributed by atoms with Crippen molar-refractivity contribution in [3.63, 3.8) is 0 Å². The number of amides is 1. The van der Waals surface area contributed by atoms with Crippen LogP contribution in [0.5, 0.6) is 0 Å². The first kappa shape index (κ1) is 26.8. The number of benzene rings is 1. The van der Waals surface area contributed by atoms with E-state index in [4.69, 9.17) is 10.5 Å². The molecule has 0 atom stereocenters. The molecular formula is C22H25F5N4O3. The molecule has 0 unspecified atom stereocenters. The van der Waals surface area contributed by atoms with Crippen molar-refractivity contribution in [3.8, 4) is 0 Å². The van der Waals surface area contributed by atoms with Gasteiger partial charge in [0, 0.05) is 37.4 Å². The van der Waals surface area contributed by atoms with Crippen molar-refractivity contribution in [3.05, 3.63) is 58.0 Å². The molecule has 1 aromatic carbocycles. The highest BCUT2D eigenvalue weighted by Gasteiger charge is 2.29. The molecule has 0 radical (unpaired) electrons. The predicted octanol–water partition coefficient (Wildman–Crippen LogP) is 4.80. The molecule has 12 heteroatoms. The van der Waals surface area contributed by atoms with E-state index in [-0.39, 0.29) is 11.5 Å². The second-order valence-corrected chi connectivity index (χ2v) is 8.46. The number of nitrogen functional groups attached to an aromatic ring is 1. The van der Waals surface area contributed by atoms with Gasteiger partial charge in [-0.1, -0.05) is 0 Å². The monoisotopic (exact) mass is 488 g/mol. The summed E-state index contributed by atoms with van der Waals surface area (Å²) in [7, 11) is 1.25. The van der Waals surface area contributed by atoms with E-state index in [1.54, 1.807) is 20.8 Å². The largest absolute Gasteiger partial charge is 0.443 e. The highest BCUT2D eigenvalue weighted by Crippen LogP contribution is 2.30. The molecule has 2 rings (SSSR count). The third kappa shape index (κ3) is 7.56. The van der Waals surface area contributed by atoms with Gasteiger partial charge in [0.25, 0.3) is 5.56 Å². The number of nitrogens with zero attached hydrogens (tertiary/aromatic N) is 3. The van der Waals surface area contributed by atoms with Crippen molar-refractivity contribution in [1.82, 2.24) is 9.47 Å². The molecule has 0 aliphatic carbocycles. The van der Waals surface area contributed by atoms with Crippen LogP contribution in [0.25, 0.3) is 0 Å². The molecule has 0 fully saturated rings. The molecule has 0 aliphatic rings. The average molecular weight is 488 g/mol. The Morgan fingerprint density at radius 1 is 1.21 bits per heavy atom. The fourth-order valence-corrected chi connectivity index (χ4v) is 2.83. The molecular weight excluding hydrogens is 463 g/mol. The van der Waals surface area contributed by atoms with Gasteiger partial charge in [-0.15, -0.1) is 0 Å². The lowest BCUT2D eigenvalue weighted by molar-refractivity contribution is -0.134. The quantitative estimate of drug-likeness (QED) is 0.372. The Morgan fingerprint density at radius 2 is 1.85 bits per heavy atom. The highest BCUT2D eigenvalue weighted by molar-refractivity contribution is 5.96.